The number of rotatable bonds is 23. The number of hydrogen-bond acceptors (Lipinski definition) is 8. The molecule has 0 rings (SSSR count). The molecule has 0 aromatic carbocycles. The molecule has 0 fully saturated rings. The molecule has 37 heavy (non-hydrogen) atoms. The van der Waals surface area contributed by atoms with Crippen LogP contribution in [-0.4, -0.2) is 88.4 Å². The van der Waals surface area contributed by atoms with E-state index in [1.54, 1.807) is 0 Å². The second-order valence-corrected chi connectivity index (χ2v) is 8.34. The van der Waals surface area contributed by atoms with Crippen LogP contribution < -0.4 is 22.1 Å². The fourth-order valence-corrected chi connectivity index (χ4v) is 3.19. The number of nitrogens with two attached hydrogens (primary N) is 2. The van der Waals surface area contributed by atoms with Gasteiger partial charge in [0.2, 0.25) is 6.41 Å². The average molecular weight is 539 g/mol. The van der Waals surface area contributed by atoms with Gasteiger partial charge in [-0.2, -0.15) is 0 Å². The summed E-state index contributed by atoms with van der Waals surface area (Å²) in [5.74, 6) is -0.109. The Morgan fingerprint density at radius 3 is 1.59 bits per heavy atom. The zero-order valence-corrected chi connectivity index (χ0v) is 24.6. The van der Waals surface area contributed by atoms with Crippen LogP contribution in [-0.2, 0) is 19.1 Å². The number of carbonyl (C=O) groups excluding carboxylic acids is 2. The predicted octanol–water partition coefficient (Wildman–Crippen LogP) is 2.48. The lowest BCUT2D eigenvalue weighted by Crippen LogP contribution is -2.45. The molecule has 10 heteroatoms. The van der Waals surface area contributed by atoms with Crippen molar-refractivity contribution < 1.29 is 29.3 Å². The Morgan fingerprint density at radius 2 is 1.19 bits per heavy atom. The van der Waals surface area contributed by atoms with Gasteiger partial charge < -0.3 is 41.8 Å². The Balaban J connectivity index is -0.000000465. The fraction of sp³-hybridized carbons (Fsp3) is 0.926. The topological polar surface area (TPSA) is 169 Å². The summed E-state index contributed by atoms with van der Waals surface area (Å²) in [7, 11) is 2.00. The van der Waals surface area contributed by atoms with Crippen molar-refractivity contribution in [3.8, 4) is 0 Å². The van der Waals surface area contributed by atoms with Crippen molar-refractivity contribution >= 4 is 12.3 Å². The molecule has 0 aliphatic heterocycles. The van der Waals surface area contributed by atoms with Crippen LogP contribution >= 0.6 is 0 Å². The third kappa shape index (κ3) is 36.9. The average Bonchev–Trinajstić information content (AvgIpc) is 2.94. The molecule has 10 nitrogen and oxygen atoms in total. The van der Waals surface area contributed by atoms with E-state index >= 15 is 0 Å². The third-order valence-corrected chi connectivity index (χ3v) is 5.17. The van der Waals surface area contributed by atoms with Gasteiger partial charge in [0.15, 0.2) is 6.10 Å². The van der Waals surface area contributed by atoms with E-state index < -0.39 is 6.10 Å². The molecule has 0 aliphatic carbocycles. The van der Waals surface area contributed by atoms with E-state index in [0.717, 1.165) is 33.5 Å². The summed E-state index contributed by atoms with van der Waals surface area (Å²) in [6.07, 6.45) is 14.5. The first-order valence-corrected chi connectivity index (χ1v) is 14.1. The highest BCUT2D eigenvalue weighted by molar-refractivity contribution is 5.81. The zero-order valence-electron chi connectivity index (χ0n) is 24.6. The van der Waals surface area contributed by atoms with Crippen molar-refractivity contribution in [2.75, 3.05) is 53.6 Å². The van der Waals surface area contributed by atoms with Crippen LogP contribution in [0.15, 0.2) is 0 Å². The van der Waals surface area contributed by atoms with Crippen molar-refractivity contribution in [3.05, 3.63) is 0 Å². The first kappa shape index (κ1) is 42.8. The second-order valence-electron chi connectivity index (χ2n) is 8.34. The molecule has 0 saturated carbocycles. The van der Waals surface area contributed by atoms with E-state index in [-0.39, 0.29) is 12.0 Å². The lowest BCUT2D eigenvalue weighted by atomic mass is 10.1. The summed E-state index contributed by atoms with van der Waals surface area (Å²) in [5, 5.41) is 19.2. The predicted molar refractivity (Wildman–Crippen MR) is 153 cm³/mol. The first-order valence-electron chi connectivity index (χ1n) is 14.1. The van der Waals surface area contributed by atoms with Gasteiger partial charge in [-0.15, -0.1) is 0 Å². The maximum Gasteiger partial charge on any atom is 0.251 e. The van der Waals surface area contributed by atoms with Crippen LogP contribution in [0.2, 0.25) is 0 Å². The van der Waals surface area contributed by atoms with E-state index in [1.165, 1.54) is 57.8 Å². The molecular weight excluding hydrogens is 476 g/mol. The molecule has 0 aliphatic rings. The van der Waals surface area contributed by atoms with Crippen molar-refractivity contribution in [3.63, 3.8) is 0 Å². The number of carbonyl (C=O) groups is 2. The molecule has 2 amide bonds. The molecule has 0 heterocycles. The van der Waals surface area contributed by atoms with Crippen molar-refractivity contribution in [2.45, 2.75) is 110 Å². The smallest absolute Gasteiger partial charge is 0.251 e. The summed E-state index contributed by atoms with van der Waals surface area (Å²) in [5.41, 5.74) is 10.5. The summed E-state index contributed by atoms with van der Waals surface area (Å²) >= 11 is 0. The Labute approximate surface area is 227 Å². The van der Waals surface area contributed by atoms with Crippen LogP contribution in [0.5, 0.6) is 0 Å². The zero-order chi connectivity index (χ0) is 29.0. The van der Waals surface area contributed by atoms with Gasteiger partial charge in [0, 0.05) is 53.6 Å². The molecule has 0 aromatic heterocycles. The molecular formula is C27H62N4O6. The van der Waals surface area contributed by atoms with Crippen molar-refractivity contribution in [1.82, 2.24) is 10.6 Å². The molecule has 226 valence electrons. The van der Waals surface area contributed by atoms with Gasteiger partial charge in [-0.3, -0.25) is 9.59 Å². The van der Waals surface area contributed by atoms with E-state index in [0.29, 0.717) is 45.8 Å². The Kier molecular flexibility index (Phi) is 48.3. The minimum absolute atomic E-state index is 0.109. The van der Waals surface area contributed by atoms with Gasteiger partial charge in [-0.25, -0.2) is 0 Å². The van der Waals surface area contributed by atoms with E-state index in [4.69, 9.17) is 31.2 Å². The standard InChI is InChI=1S/C22H46N2O3.C3H8N2O.2CH4O/c1-4-6-8-10-12-14-18-26-20(3)21(22(25)24-17-16-23)27-19-15-13-11-9-7-5-2;4-1-2-5-3-6;2*1-2/h20-21H,4-19,23H2,1-3H3,(H,24,25);3H,1-2,4H2,(H,5,6);2*2H,1H3. The van der Waals surface area contributed by atoms with Gasteiger partial charge in [0.25, 0.3) is 5.91 Å². The van der Waals surface area contributed by atoms with E-state index in [1.807, 2.05) is 6.92 Å². The van der Waals surface area contributed by atoms with Crippen LogP contribution in [0.25, 0.3) is 0 Å². The number of amides is 2. The van der Waals surface area contributed by atoms with Crippen LogP contribution in [0.3, 0.4) is 0 Å². The Bertz CT molecular complexity index is 420. The minimum atomic E-state index is -0.549. The van der Waals surface area contributed by atoms with Crippen LogP contribution in [0.4, 0.5) is 0 Å². The molecule has 0 aromatic rings. The van der Waals surface area contributed by atoms with Gasteiger partial charge in [-0.05, 0) is 19.8 Å². The van der Waals surface area contributed by atoms with E-state index in [9.17, 15) is 9.59 Å². The highest BCUT2D eigenvalue weighted by Crippen LogP contribution is 2.11. The normalized spacial score (nSPS) is 11.4. The first-order chi connectivity index (χ1) is 18.1. The molecule has 0 saturated heterocycles. The maximum atomic E-state index is 12.4. The number of ether oxygens (including phenoxy) is 2. The molecule has 2 unspecified atom stereocenters. The van der Waals surface area contributed by atoms with Gasteiger partial charge >= 0.3 is 0 Å². The quantitative estimate of drug-likeness (QED) is 0.0851. The van der Waals surface area contributed by atoms with Gasteiger partial charge in [0.05, 0.1) is 6.10 Å². The number of aliphatic hydroxyl groups is 2. The summed E-state index contributed by atoms with van der Waals surface area (Å²) in [6, 6.07) is 0. The van der Waals surface area contributed by atoms with Crippen LogP contribution in [0, 0.1) is 0 Å². The molecule has 0 radical (unpaired) electrons. The Hall–Kier alpha value is -1.30. The lowest BCUT2D eigenvalue weighted by Gasteiger charge is -2.24. The van der Waals surface area contributed by atoms with Gasteiger partial charge in [0.1, 0.15) is 0 Å². The van der Waals surface area contributed by atoms with Crippen LogP contribution in [0.1, 0.15) is 97.8 Å². The summed E-state index contributed by atoms with van der Waals surface area (Å²) < 4.78 is 11.8. The fourth-order valence-electron chi connectivity index (χ4n) is 3.19. The highest BCUT2D eigenvalue weighted by atomic mass is 16.5. The molecule has 0 bridgehead atoms. The number of nitrogens with one attached hydrogen (secondary N) is 2. The molecule has 0 spiro atoms. The lowest BCUT2D eigenvalue weighted by molar-refractivity contribution is -0.143. The molecule has 2 atom stereocenters. The largest absolute Gasteiger partial charge is 0.400 e. The monoisotopic (exact) mass is 538 g/mol. The van der Waals surface area contributed by atoms with Crippen molar-refractivity contribution in [2.24, 2.45) is 11.5 Å². The van der Waals surface area contributed by atoms with Crippen molar-refractivity contribution in [1.29, 1.82) is 0 Å². The Morgan fingerprint density at radius 1 is 0.757 bits per heavy atom. The van der Waals surface area contributed by atoms with E-state index in [2.05, 4.69) is 24.5 Å². The SMILES string of the molecule is CCCCCCCCOC(C)C(OCCCCCCCC)C(=O)NCCN.CO.CO.NCCNC=O. The maximum absolute atomic E-state index is 12.4. The highest BCUT2D eigenvalue weighted by Gasteiger charge is 2.26. The summed E-state index contributed by atoms with van der Waals surface area (Å²) in [4.78, 5) is 21.8. The number of unbranched alkanes of at least 4 members (excludes halogenated alkanes) is 10. The summed E-state index contributed by atoms with van der Waals surface area (Å²) in [6.45, 7) is 9.67. The number of hydrogen-bond donors (Lipinski definition) is 6. The third-order valence-electron chi connectivity index (χ3n) is 5.17. The molecule has 8 N–H and O–H groups in total. The number of aliphatic hydroxyl groups excluding tert-OH is 2. The van der Waals surface area contributed by atoms with Gasteiger partial charge in [-0.1, -0.05) is 78.1 Å². The minimum Gasteiger partial charge on any atom is -0.400 e. The second kappa shape index (κ2) is 41.8.